The van der Waals surface area contributed by atoms with E-state index in [9.17, 15) is 18.3 Å². The van der Waals surface area contributed by atoms with E-state index in [-0.39, 0.29) is 5.56 Å². The lowest BCUT2D eigenvalue weighted by molar-refractivity contribution is 0.0893. The van der Waals surface area contributed by atoms with Crippen LogP contribution in [0.4, 0.5) is 13.2 Å². The molecular weight excluding hydrogens is 241 g/mol. The molecule has 0 heterocycles. The minimum atomic E-state index is -2.07. The maximum Gasteiger partial charge on any atom is 0.132 e. The van der Waals surface area contributed by atoms with Gasteiger partial charge < -0.3 is 5.11 Å². The van der Waals surface area contributed by atoms with Crippen molar-refractivity contribution in [2.75, 3.05) is 0 Å². The average molecular weight is 252 g/mol. The molecule has 1 atom stereocenters. The highest BCUT2D eigenvalue weighted by Gasteiger charge is 2.34. The van der Waals surface area contributed by atoms with Gasteiger partial charge in [-0.25, -0.2) is 13.2 Å². The van der Waals surface area contributed by atoms with Crippen LogP contribution in [0.3, 0.4) is 0 Å². The maximum atomic E-state index is 13.6. The lowest BCUT2D eigenvalue weighted by Crippen LogP contribution is -2.27. The van der Waals surface area contributed by atoms with Crippen LogP contribution in [0.25, 0.3) is 0 Å². The third-order valence-electron chi connectivity index (χ3n) is 2.85. The fourth-order valence-electron chi connectivity index (χ4n) is 1.95. The van der Waals surface area contributed by atoms with Gasteiger partial charge in [-0.2, -0.15) is 0 Å². The van der Waals surface area contributed by atoms with Gasteiger partial charge in [-0.05, 0) is 25.1 Å². The molecule has 0 bridgehead atoms. The lowest BCUT2D eigenvalue weighted by atomic mass is 9.87. The molecule has 0 radical (unpaired) electrons. The van der Waals surface area contributed by atoms with E-state index in [4.69, 9.17) is 0 Å². The van der Waals surface area contributed by atoms with Crippen LogP contribution >= 0.6 is 0 Å². The van der Waals surface area contributed by atoms with Gasteiger partial charge in [0.25, 0.3) is 0 Å². The van der Waals surface area contributed by atoms with Crippen LogP contribution < -0.4 is 0 Å². The molecular formula is C14H11F3O. The van der Waals surface area contributed by atoms with Crippen LogP contribution in [-0.4, -0.2) is 5.11 Å². The van der Waals surface area contributed by atoms with Crippen molar-refractivity contribution in [1.29, 1.82) is 0 Å². The van der Waals surface area contributed by atoms with E-state index in [1.54, 1.807) is 0 Å². The van der Waals surface area contributed by atoms with E-state index in [1.807, 2.05) is 0 Å². The van der Waals surface area contributed by atoms with Crippen LogP contribution in [-0.2, 0) is 5.60 Å². The first-order chi connectivity index (χ1) is 8.44. The number of benzene rings is 2. The molecule has 0 aliphatic rings. The van der Waals surface area contributed by atoms with Crippen LogP contribution in [0.1, 0.15) is 18.1 Å². The first-order valence-corrected chi connectivity index (χ1v) is 5.36. The Labute approximate surface area is 103 Å². The molecule has 1 N–H and O–H groups in total. The van der Waals surface area contributed by atoms with Crippen LogP contribution in [0, 0.1) is 17.5 Å². The molecule has 0 aliphatic carbocycles. The quantitative estimate of drug-likeness (QED) is 0.868. The van der Waals surface area contributed by atoms with E-state index in [0.29, 0.717) is 0 Å². The van der Waals surface area contributed by atoms with Crippen molar-refractivity contribution in [3.05, 3.63) is 71.0 Å². The highest BCUT2D eigenvalue weighted by molar-refractivity contribution is 5.37. The summed E-state index contributed by atoms with van der Waals surface area (Å²) in [5.74, 6) is -2.54. The number of hydrogen-bond acceptors (Lipinski definition) is 1. The Morgan fingerprint density at radius 3 is 1.89 bits per heavy atom. The molecule has 0 saturated carbocycles. The van der Waals surface area contributed by atoms with Crippen LogP contribution in [0.5, 0.6) is 0 Å². The molecule has 0 aromatic heterocycles. The highest BCUT2D eigenvalue weighted by atomic mass is 19.1. The van der Waals surface area contributed by atoms with Crippen molar-refractivity contribution in [3.8, 4) is 0 Å². The Bertz CT molecular complexity index is 559. The summed E-state index contributed by atoms with van der Waals surface area (Å²) in [6.45, 7) is 1.16. The zero-order chi connectivity index (χ0) is 13.3. The summed E-state index contributed by atoms with van der Waals surface area (Å²) >= 11 is 0. The van der Waals surface area contributed by atoms with E-state index in [0.717, 1.165) is 25.1 Å². The number of aliphatic hydroxyl groups is 1. The Balaban J connectivity index is 2.66. The van der Waals surface area contributed by atoms with Gasteiger partial charge in [0.2, 0.25) is 0 Å². The van der Waals surface area contributed by atoms with Crippen LogP contribution in [0.15, 0.2) is 42.5 Å². The summed E-state index contributed by atoms with van der Waals surface area (Å²) in [7, 11) is 0. The Hall–Kier alpha value is -1.81. The van der Waals surface area contributed by atoms with Crippen molar-refractivity contribution in [2.24, 2.45) is 0 Å². The fraction of sp³-hybridized carbons (Fsp3) is 0.143. The Kier molecular flexibility index (Phi) is 3.13. The number of halogens is 3. The molecule has 0 amide bonds. The zero-order valence-electron chi connectivity index (χ0n) is 9.62. The third kappa shape index (κ3) is 1.99. The molecule has 0 aliphatic heterocycles. The van der Waals surface area contributed by atoms with Crippen LogP contribution in [0.2, 0.25) is 0 Å². The van der Waals surface area contributed by atoms with Crippen molar-refractivity contribution in [3.63, 3.8) is 0 Å². The van der Waals surface area contributed by atoms with Gasteiger partial charge in [-0.3, -0.25) is 0 Å². The predicted octanol–water partition coefficient (Wildman–Crippen LogP) is 3.36. The van der Waals surface area contributed by atoms with Gasteiger partial charge in [-0.1, -0.05) is 24.3 Å². The molecule has 94 valence electrons. The molecule has 4 heteroatoms. The lowest BCUT2D eigenvalue weighted by Gasteiger charge is -2.25. The van der Waals surface area contributed by atoms with E-state index < -0.39 is 28.6 Å². The summed E-state index contributed by atoms with van der Waals surface area (Å²) in [5, 5.41) is 10.3. The molecule has 18 heavy (non-hydrogen) atoms. The maximum absolute atomic E-state index is 13.6. The molecule has 0 fully saturated rings. The van der Waals surface area contributed by atoms with E-state index in [2.05, 4.69) is 0 Å². The SMILES string of the molecule is CC(O)(c1ccccc1F)c1c(F)cccc1F. The van der Waals surface area contributed by atoms with Crippen molar-refractivity contribution in [1.82, 2.24) is 0 Å². The first-order valence-electron chi connectivity index (χ1n) is 5.36. The van der Waals surface area contributed by atoms with Gasteiger partial charge in [0.05, 0.1) is 5.56 Å². The molecule has 2 aromatic rings. The summed E-state index contributed by atoms with van der Waals surface area (Å²) < 4.78 is 40.9. The number of rotatable bonds is 2. The molecule has 1 nitrogen and oxygen atoms in total. The third-order valence-corrected chi connectivity index (χ3v) is 2.85. The molecule has 2 aromatic carbocycles. The normalized spacial score (nSPS) is 14.3. The summed E-state index contributed by atoms with van der Waals surface area (Å²) in [6, 6.07) is 8.58. The molecule has 0 spiro atoms. The second kappa shape index (κ2) is 4.46. The molecule has 1 unspecified atom stereocenters. The molecule has 0 saturated heterocycles. The zero-order valence-corrected chi connectivity index (χ0v) is 9.62. The monoisotopic (exact) mass is 252 g/mol. The Morgan fingerprint density at radius 1 is 0.833 bits per heavy atom. The summed E-state index contributed by atoms with van der Waals surface area (Å²) in [4.78, 5) is 0. The minimum absolute atomic E-state index is 0.172. The van der Waals surface area contributed by atoms with Gasteiger partial charge in [0.15, 0.2) is 0 Å². The second-order valence-corrected chi connectivity index (χ2v) is 4.15. The van der Waals surface area contributed by atoms with Crippen molar-refractivity contribution in [2.45, 2.75) is 12.5 Å². The first kappa shape index (κ1) is 12.6. The summed E-state index contributed by atoms with van der Waals surface area (Å²) in [5.41, 5.74) is -2.80. The number of hydrogen-bond donors (Lipinski definition) is 1. The average Bonchev–Trinajstić information content (AvgIpc) is 2.28. The largest absolute Gasteiger partial charge is 0.380 e. The van der Waals surface area contributed by atoms with Gasteiger partial charge in [0, 0.05) is 5.56 Å². The second-order valence-electron chi connectivity index (χ2n) is 4.15. The minimum Gasteiger partial charge on any atom is -0.380 e. The van der Waals surface area contributed by atoms with E-state index >= 15 is 0 Å². The predicted molar refractivity (Wildman–Crippen MR) is 61.4 cm³/mol. The van der Waals surface area contributed by atoms with Gasteiger partial charge in [0.1, 0.15) is 23.1 Å². The van der Waals surface area contributed by atoms with Gasteiger partial charge >= 0.3 is 0 Å². The van der Waals surface area contributed by atoms with Crippen molar-refractivity contribution < 1.29 is 18.3 Å². The topological polar surface area (TPSA) is 20.2 Å². The molecule has 2 rings (SSSR count). The fourth-order valence-corrected chi connectivity index (χ4v) is 1.95. The Morgan fingerprint density at radius 2 is 1.33 bits per heavy atom. The van der Waals surface area contributed by atoms with Crippen molar-refractivity contribution >= 4 is 0 Å². The highest BCUT2D eigenvalue weighted by Crippen LogP contribution is 2.33. The van der Waals surface area contributed by atoms with E-state index in [1.165, 1.54) is 24.3 Å². The standard InChI is InChI=1S/C14H11F3O/c1-14(18,9-5-2-3-6-10(9)15)13-11(16)7-4-8-12(13)17/h2-8,18H,1H3. The summed E-state index contributed by atoms with van der Waals surface area (Å²) in [6.07, 6.45) is 0. The smallest absolute Gasteiger partial charge is 0.132 e. The van der Waals surface area contributed by atoms with Gasteiger partial charge in [-0.15, -0.1) is 0 Å².